The van der Waals surface area contributed by atoms with Crippen LogP contribution in [0.3, 0.4) is 0 Å². The summed E-state index contributed by atoms with van der Waals surface area (Å²) in [6, 6.07) is 10.8. The monoisotopic (exact) mass is 397 g/mol. The highest BCUT2D eigenvalue weighted by Crippen LogP contribution is 2.40. The van der Waals surface area contributed by atoms with Gasteiger partial charge in [0.15, 0.2) is 5.76 Å². The summed E-state index contributed by atoms with van der Waals surface area (Å²) in [6.07, 6.45) is 1.21. The SMILES string of the molecule is N#CCN(CC#N)Cc1c(O)ccc2c1O/C(=C/c1c(F)cccc1Cl)C2=O. The Morgan fingerprint density at radius 3 is 2.57 bits per heavy atom. The van der Waals surface area contributed by atoms with Crippen LogP contribution in [0, 0.1) is 28.5 Å². The van der Waals surface area contributed by atoms with Gasteiger partial charge in [0.25, 0.3) is 0 Å². The van der Waals surface area contributed by atoms with Gasteiger partial charge >= 0.3 is 0 Å². The molecule has 1 N–H and O–H groups in total. The number of fused-ring (bicyclic) bond motifs is 1. The van der Waals surface area contributed by atoms with Gasteiger partial charge in [-0.15, -0.1) is 0 Å². The highest BCUT2D eigenvalue weighted by Gasteiger charge is 2.32. The summed E-state index contributed by atoms with van der Waals surface area (Å²) < 4.78 is 19.7. The van der Waals surface area contributed by atoms with Gasteiger partial charge < -0.3 is 9.84 Å². The lowest BCUT2D eigenvalue weighted by molar-refractivity contribution is 0.101. The molecule has 0 saturated carbocycles. The highest BCUT2D eigenvalue weighted by atomic mass is 35.5. The van der Waals surface area contributed by atoms with Gasteiger partial charge in [-0.1, -0.05) is 17.7 Å². The predicted molar refractivity (Wildman–Crippen MR) is 99.0 cm³/mol. The van der Waals surface area contributed by atoms with Crippen LogP contribution >= 0.6 is 11.6 Å². The number of carbonyl (C=O) groups excluding carboxylic acids is 1. The maximum Gasteiger partial charge on any atom is 0.231 e. The van der Waals surface area contributed by atoms with Crippen molar-refractivity contribution >= 4 is 23.5 Å². The number of ketones is 1. The second kappa shape index (κ2) is 8.10. The van der Waals surface area contributed by atoms with Crippen molar-refractivity contribution < 1.29 is 19.0 Å². The largest absolute Gasteiger partial charge is 0.507 e. The first-order valence-corrected chi connectivity index (χ1v) is 8.53. The number of rotatable bonds is 5. The quantitative estimate of drug-likeness (QED) is 0.611. The molecular formula is C20H13ClFN3O3. The van der Waals surface area contributed by atoms with E-state index < -0.39 is 11.6 Å². The molecule has 1 aliphatic rings. The second-order valence-electron chi connectivity index (χ2n) is 5.98. The molecule has 0 atom stereocenters. The number of Topliss-reactive ketones (excluding diaryl/α,β-unsaturated/α-hetero) is 1. The van der Waals surface area contributed by atoms with E-state index in [-0.39, 0.29) is 58.6 Å². The molecule has 1 aliphatic heterocycles. The first-order chi connectivity index (χ1) is 13.5. The molecule has 0 unspecified atom stereocenters. The molecule has 3 rings (SSSR count). The minimum absolute atomic E-state index is 0.0154. The molecule has 0 radical (unpaired) electrons. The number of nitrogens with zero attached hydrogens (tertiary/aromatic N) is 3. The fraction of sp³-hybridized carbons (Fsp3) is 0.150. The van der Waals surface area contributed by atoms with E-state index in [4.69, 9.17) is 26.9 Å². The Morgan fingerprint density at radius 1 is 1.21 bits per heavy atom. The summed E-state index contributed by atoms with van der Waals surface area (Å²) in [5.74, 6) is -1.25. The van der Waals surface area contributed by atoms with Crippen molar-refractivity contribution in [1.82, 2.24) is 4.90 Å². The van der Waals surface area contributed by atoms with Gasteiger partial charge in [0.05, 0.1) is 41.4 Å². The Bertz CT molecular complexity index is 1030. The van der Waals surface area contributed by atoms with Crippen LogP contribution in [0.2, 0.25) is 5.02 Å². The van der Waals surface area contributed by atoms with Crippen molar-refractivity contribution in [3.05, 3.63) is 63.6 Å². The van der Waals surface area contributed by atoms with Gasteiger partial charge in [-0.2, -0.15) is 10.5 Å². The van der Waals surface area contributed by atoms with E-state index in [0.717, 1.165) is 0 Å². The van der Waals surface area contributed by atoms with Crippen molar-refractivity contribution in [3.63, 3.8) is 0 Å². The average Bonchev–Trinajstić information content (AvgIpc) is 2.97. The Labute approximate surface area is 165 Å². The maximum absolute atomic E-state index is 14.0. The first kappa shape index (κ1) is 19.4. The van der Waals surface area contributed by atoms with Crippen molar-refractivity contribution in [3.8, 4) is 23.6 Å². The van der Waals surface area contributed by atoms with E-state index in [9.17, 15) is 14.3 Å². The molecule has 0 aliphatic carbocycles. The number of carbonyl (C=O) groups is 1. The third-order valence-corrected chi connectivity index (χ3v) is 4.49. The fourth-order valence-corrected chi connectivity index (χ4v) is 3.04. The van der Waals surface area contributed by atoms with Crippen LogP contribution in [0.15, 0.2) is 36.1 Å². The summed E-state index contributed by atoms with van der Waals surface area (Å²) in [6.45, 7) is -0.0621. The van der Waals surface area contributed by atoms with Gasteiger partial charge in [-0.05, 0) is 30.3 Å². The van der Waals surface area contributed by atoms with Crippen LogP contribution in [0.5, 0.6) is 11.5 Å². The van der Waals surface area contributed by atoms with Gasteiger partial charge in [-0.25, -0.2) is 4.39 Å². The predicted octanol–water partition coefficient (Wildman–Crippen LogP) is 3.65. The number of allylic oxidation sites excluding steroid dienone is 1. The van der Waals surface area contributed by atoms with Crippen LogP contribution in [0.4, 0.5) is 4.39 Å². The van der Waals surface area contributed by atoms with Crippen molar-refractivity contribution in [2.45, 2.75) is 6.54 Å². The topological polar surface area (TPSA) is 97.3 Å². The normalized spacial score (nSPS) is 13.9. The smallest absolute Gasteiger partial charge is 0.231 e. The molecule has 0 spiro atoms. The molecule has 2 aromatic carbocycles. The molecule has 6 nitrogen and oxygen atoms in total. The summed E-state index contributed by atoms with van der Waals surface area (Å²) in [4.78, 5) is 14.2. The number of phenols is 1. The lowest BCUT2D eigenvalue weighted by atomic mass is 10.0. The third-order valence-electron chi connectivity index (χ3n) is 4.16. The molecule has 0 aromatic heterocycles. The molecule has 0 amide bonds. The number of halogens is 2. The number of hydrogen-bond donors (Lipinski definition) is 1. The van der Waals surface area contributed by atoms with E-state index in [2.05, 4.69) is 0 Å². The summed E-state index contributed by atoms with van der Waals surface area (Å²) in [7, 11) is 0. The number of benzene rings is 2. The molecule has 140 valence electrons. The van der Waals surface area contributed by atoms with Crippen LogP contribution in [-0.2, 0) is 6.54 Å². The first-order valence-electron chi connectivity index (χ1n) is 8.15. The van der Waals surface area contributed by atoms with Crippen LogP contribution in [-0.4, -0.2) is 28.9 Å². The summed E-state index contributed by atoms with van der Waals surface area (Å²) in [5.41, 5.74) is 0.474. The zero-order valence-electron chi connectivity index (χ0n) is 14.4. The molecule has 1 heterocycles. The zero-order valence-corrected chi connectivity index (χ0v) is 15.2. The highest BCUT2D eigenvalue weighted by molar-refractivity contribution is 6.32. The Hall–Kier alpha value is -3.39. The summed E-state index contributed by atoms with van der Waals surface area (Å²) in [5, 5.41) is 28.1. The Kier molecular flexibility index (Phi) is 5.60. The fourth-order valence-electron chi connectivity index (χ4n) is 2.82. The van der Waals surface area contributed by atoms with Crippen molar-refractivity contribution in [1.29, 1.82) is 10.5 Å². The minimum atomic E-state index is -0.607. The number of ether oxygens (including phenoxy) is 1. The van der Waals surface area contributed by atoms with Gasteiger partial charge in [0.2, 0.25) is 5.78 Å². The molecule has 28 heavy (non-hydrogen) atoms. The standard InChI is InChI=1S/C20H13ClFN3O3/c21-15-2-1-3-16(22)13(15)10-18-19(27)12-4-5-17(26)14(20(12)28-18)11-25(8-6-23)9-7-24/h1-5,10,26H,8-9,11H2/b18-10+. The van der Waals surface area contributed by atoms with Crippen LogP contribution in [0.1, 0.15) is 21.5 Å². The van der Waals surface area contributed by atoms with E-state index in [1.54, 1.807) is 0 Å². The molecule has 0 bridgehead atoms. The van der Waals surface area contributed by atoms with Crippen molar-refractivity contribution in [2.75, 3.05) is 13.1 Å². The number of nitriles is 2. The molecule has 0 saturated heterocycles. The number of hydrogen-bond acceptors (Lipinski definition) is 6. The van der Waals surface area contributed by atoms with E-state index in [1.807, 2.05) is 12.1 Å². The maximum atomic E-state index is 14.0. The number of phenolic OH excluding ortho intramolecular Hbond substituents is 1. The minimum Gasteiger partial charge on any atom is -0.507 e. The van der Waals surface area contributed by atoms with Gasteiger partial charge in [0.1, 0.15) is 17.3 Å². The van der Waals surface area contributed by atoms with Gasteiger partial charge in [0, 0.05) is 12.1 Å². The molecule has 0 fully saturated rings. The van der Waals surface area contributed by atoms with Gasteiger partial charge in [-0.3, -0.25) is 9.69 Å². The lowest BCUT2D eigenvalue weighted by Gasteiger charge is -2.17. The van der Waals surface area contributed by atoms with E-state index in [1.165, 1.54) is 41.3 Å². The number of aromatic hydroxyl groups is 1. The Morgan fingerprint density at radius 2 is 1.93 bits per heavy atom. The van der Waals surface area contributed by atoms with Crippen LogP contribution in [0.25, 0.3) is 6.08 Å². The van der Waals surface area contributed by atoms with Crippen LogP contribution < -0.4 is 4.74 Å². The summed E-state index contributed by atoms with van der Waals surface area (Å²) >= 11 is 6.00. The van der Waals surface area contributed by atoms with E-state index in [0.29, 0.717) is 0 Å². The second-order valence-corrected chi connectivity index (χ2v) is 6.38. The average molecular weight is 398 g/mol. The zero-order chi connectivity index (χ0) is 20.3. The molecule has 2 aromatic rings. The van der Waals surface area contributed by atoms with Crippen molar-refractivity contribution in [2.24, 2.45) is 0 Å². The van der Waals surface area contributed by atoms with E-state index >= 15 is 0 Å². The Balaban J connectivity index is 2.01. The third kappa shape index (κ3) is 3.67. The lowest BCUT2D eigenvalue weighted by Crippen LogP contribution is -2.24. The molecule has 8 heteroatoms. The molecular weight excluding hydrogens is 385 g/mol.